The number of benzene rings is 1. The number of carbonyl (C=O) groups is 1. The molecule has 1 amide bonds. The van der Waals surface area contributed by atoms with Gasteiger partial charge in [-0.3, -0.25) is 4.79 Å². The lowest BCUT2D eigenvalue weighted by molar-refractivity contribution is -0.156. The number of hydrogen-bond acceptors (Lipinski definition) is 4. The molecule has 1 aromatic carbocycles. The number of amides is 1. The Morgan fingerprint density at radius 2 is 1.85 bits per heavy atom. The Labute approximate surface area is 162 Å². The molecule has 0 spiro atoms. The fraction of sp³-hybridized carbons (Fsp3) is 0.682. The maximum absolute atomic E-state index is 12.7. The molecular formula is C22H32N2O3. The number of nitrogens with two attached hydrogens (primary N) is 1. The van der Waals surface area contributed by atoms with Gasteiger partial charge in [0.05, 0.1) is 37.9 Å². The van der Waals surface area contributed by atoms with E-state index in [0.717, 1.165) is 32.2 Å². The molecule has 1 saturated carbocycles. The lowest BCUT2D eigenvalue weighted by atomic mass is 9.83. The summed E-state index contributed by atoms with van der Waals surface area (Å²) in [5, 5.41) is 0. The summed E-state index contributed by atoms with van der Waals surface area (Å²) in [6, 6.07) is 10.8. The van der Waals surface area contributed by atoms with E-state index in [1.165, 1.54) is 18.4 Å². The van der Waals surface area contributed by atoms with Crippen LogP contribution in [0.25, 0.3) is 0 Å². The fourth-order valence-electron chi connectivity index (χ4n) is 4.71. The maximum Gasteiger partial charge on any atom is 0.230 e. The maximum atomic E-state index is 12.7. The van der Waals surface area contributed by atoms with Gasteiger partial charge in [0.15, 0.2) is 0 Å². The van der Waals surface area contributed by atoms with Crippen molar-refractivity contribution in [3.05, 3.63) is 35.9 Å². The predicted molar refractivity (Wildman–Crippen MR) is 104 cm³/mol. The third-order valence-corrected chi connectivity index (χ3v) is 6.55. The quantitative estimate of drug-likeness (QED) is 0.863. The smallest absolute Gasteiger partial charge is 0.230 e. The molecule has 0 bridgehead atoms. The van der Waals surface area contributed by atoms with Gasteiger partial charge >= 0.3 is 0 Å². The number of ether oxygens (including phenoxy) is 2. The van der Waals surface area contributed by atoms with Crippen LogP contribution in [0.1, 0.15) is 50.0 Å². The van der Waals surface area contributed by atoms with Crippen molar-refractivity contribution < 1.29 is 14.3 Å². The van der Waals surface area contributed by atoms with E-state index in [1.807, 2.05) is 4.90 Å². The van der Waals surface area contributed by atoms with Gasteiger partial charge in [-0.25, -0.2) is 0 Å². The van der Waals surface area contributed by atoms with Gasteiger partial charge in [-0.2, -0.15) is 0 Å². The molecule has 148 valence electrons. The van der Waals surface area contributed by atoms with E-state index < -0.39 is 0 Å². The average molecular weight is 373 g/mol. The molecule has 1 aliphatic carbocycles. The first kappa shape index (κ1) is 18.9. The van der Waals surface area contributed by atoms with Crippen LogP contribution in [0.5, 0.6) is 0 Å². The zero-order chi connectivity index (χ0) is 18.6. The molecule has 2 N–H and O–H groups in total. The second-order valence-corrected chi connectivity index (χ2v) is 8.36. The summed E-state index contributed by atoms with van der Waals surface area (Å²) in [6.45, 7) is 2.49. The minimum atomic E-state index is 0.0127. The Balaban J connectivity index is 1.28. The average Bonchev–Trinajstić information content (AvgIpc) is 2.66. The number of nitrogens with zero attached hydrogens (tertiary/aromatic N) is 1. The molecule has 4 rings (SSSR count). The normalized spacial score (nSPS) is 32.1. The van der Waals surface area contributed by atoms with Gasteiger partial charge in [0.25, 0.3) is 0 Å². The molecule has 2 atom stereocenters. The van der Waals surface area contributed by atoms with Crippen molar-refractivity contribution in [3.63, 3.8) is 0 Å². The largest absolute Gasteiger partial charge is 0.380 e. The van der Waals surface area contributed by atoms with E-state index >= 15 is 0 Å². The highest BCUT2D eigenvalue weighted by Crippen LogP contribution is 2.34. The molecule has 27 heavy (non-hydrogen) atoms. The van der Waals surface area contributed by atoms with E-state index in [4.69, 9.17) is 15.2 Å². The molecule has 3 fully saturated rings. The fourth-order valence-corrected chi connectivity index (χ4v) is 4.71. The summed E-state index contributed by atoms with van der Waals surface area (Å²) < 4.78 is 11.5. The lowest BCUT2D eigenvalue weighted by Gasteiger charge is -2.43. The van der Waals surface area contributed by atoms with Gasteiger partial charge in [0.1, 0.15) is 0 Å². The summed E-state index contributed by atoms with van der Waals surface area (Å²) in [5.41, 5.74) is 7.82. The minimum absolute atomic E-state index is 0.0127. The number of hydrogen-bond donors (Lipinski definition) is 1. The zero-order valence-corrected chi connectivity index (χ0v) is 16.1. The van der Waals surface area contributed by atoms with Gasteiger partial charge in [-0.15, -0.1) is 0 Å². The van der Waals surface area contributed by atoms with Gasteiger partial charge in [-0.1, -0.05) is 30.3 Å². The Bertz CT molecular complexity index is 611. The third kappa shape index (κ3) is 4.36. The molecular weight excluding hydrogens is 340 g/mol. The highest BCUT2D eigenvalue weighted by Gasteiger charge is 2.38. The van der Waals surface area contributed by atoms with E-state index in [-0.39, 0.29) is 23.9 Å². The molecule has 5 heteroatoms. The van der Waals surface area contributed by atoms with Crippen LogP contribution in [0.3, 0.4) is 0 Å². The van der Waals surface area contributed by atoms with Crippen molar-refractivity contribution in [2.24, 2.45) is 11.7 Å². The number of rotatable bonds is 5. The Hall–Kier alpha value is -1.43. The van der Waals surface area contributed by atoms with Crippen molar-refractivity contribution >= 4 is 5.91 Å². The van der Waals surface area contributed by atoms with Crippen LogP contribution in [0.15, 0.2) is 30.3 Å². The second kappa shape index (κ2) is 8.72. The SMILES string of the molecule is N[C@H]1CCCN(C(=O)C2COC2)[C@H]1CO[C@H]1CC[C@@H](c2ccccc2)CC1. The summed E-state index contributed by atoms with van der Waals surface area (Å²) in [7, 11) is 0. The molecule has 1 aromatic rings. The van der Waals surface area contributed by atoms with E-state index in [2.05, 4.69) is 30.3 Å². The molecule has 2 aliphatic heterocycles. The Morgan fingerprint density at radius 3 is 2.52 bits per heavy atom. The van der Waals surface area contributed by atoms with Crippen LogP contribution in [0, 0.1) is 5.92 Å². The van der Waals surface area contributed by atoms with Crippen molar-refractivity contribution in [1.29, 1.82) is 0 Å². The number of likely N-dealkylation sites (tertiary alicyclic amines) is 1. The standard InChI is InChI=1S/C22H32N2O3/c23-20-7-4-12-24(22(25)18-13-26-14-18)21(20)15-27-19-10-8-17(9-11-19)16-5-2-1-3-6-16/h1-3,5-6,17-21H,4,7-15,23H2/t17-,19+,20-,21-/m0/s1. The number of piperidine rings is 1. The predicted octanol–water partition coefficient (Wildman–Crippen LogP) is 2.69. The Kier molecular flexibility index (Phi) is 6.11. The van der Waals surface area contributed by atoms with Crippen molar-refractivity contribution in [3.8, 4) is 0 Å². The van der Waals surface area contributed by atoms with E-state index in [9.17, 15) is 4.79 Å². The van der Waals surface area contributed by atoms with Crippen LogP contribution in [0.2, 0.25) is 0 Å². The lowest BCUT2D eigenvalue weighted by Crippen LogP contribution is -2.59. The monoisotopic (exact) mass is 372 g/mol. The summed E-state index contributed by atoms with van der Waals surface area (Å²) in [6.07, 6.45) is 6.78. The molecule has 0 unspecified atom stereocenters. The molecule has 2 heterocycles. The van der Waals surface area contributed by atoms with Crippen molar-refractivity contribution in [2.45, 2.75) is 62.6 Å². The highest BCUT2D eigenvalue weighted by atomic mass is 16.5. The van der Waals surface area contributed by atoms with E-state index in [0.29, 0.717) is 31.8 Å². The molecule has 3 aliphatic rings. The van der Waals surface area contributed by atoms with E-state index in [1.54, 1.807) is 0 Å². The van der Waals surface area contributed by atoms with Crippen LogP contribution in [0.4, 0.5) is 0 Å². The molecule has 2 saturated heterocycles. The van der Waals surface area contributed by atoms with Gasteiger partial charge in [-0.05, 0) is 50.0 Å². The molecule has 5 nitrogen and oxygen atoms in total. The summed E-state index contributed by atoms with van der Waals surface area (Å²) in [5.74, 6) is 0.886. The summed E-state index contributed by atoms with van der Waals surface area (Å²) in [4.78, 5) is 14.7. The van der Waals surface area contributed by atoms with Gasteiger partial charge in [0.2, 0.25) is 5.91 Å². The van der Waals surface area contributed by atoms with Gasteiger partial charge in [0, 0.05) is 12.6 Å². The topological polar surface area (TPSA) is 64.8 Å². The van der Waals surface area contributed by atoms with Crippen LogP contribution < -0.4 is 5.73 Å². The minimum Gasteiger partial charge on any atom is -0.380 e. The van der Waals surface area contributed by atoms with Crippen LogP contribution in [-0.4, -0.2) is 55.4 Å². The Morgan fingerprint density at radius 1 is 1.11 bits per heavy atom. The molecule has 0 aromatic heterocycles. The first-order valence-electron chi connectivity index (χ1n) is 10.5. The summed E-state index contributed by atoms with van der Waals surface area (Å²) >= 11 is 0. The highest BCUT2D eigenvalue weighted by molar-refractivity contribution is 5.80. The zero-order valence-electron chi connectivity index (χ0n) is 16.1. The first-order valence-corrected chi connectivity index (χ1v) is 10.5. The first-order chi connectivity index (χ1) is 13.2. The van der Waals surface area contributed by atoms with Crippen molar-refractivity contribution in [1.82, 2.24) is 4.90 Å². The van der Waals surface area contributed by atoms with Crippen molar-refractivity contribution in [2.75, 3.05) is 26.4 Å². The second-order valence-electron chi connectivity index (χ2n) is 8.36. The van der Waals surface area contributed by atoms with Crippen LogP contribution >= 0.6 is 0 Å². The number of carbonyl (C=O) groups excluding carboxylic acids is 1. The van der Waals surface area contributed by atoms with Crippen LogP contribution in [-0.2, 0) is 14.3 Å². The van der Waals surface area contributed by atoms with Gasteiger partial charge < -0.3 is 20.1 Å². The third-order valence-electron chi connectivity index (χ3n) is 6.55. The molecule has 0 radical (unpaired) electrons.